The average Bonchev–Trinajstić information content (AvgIpc) is 3.22. The summed E-state index contributed by atoms with van der Waals surface area (Å²) in [6, 6.07) is 1.87. The number of nitrogens with zero attached hydrogens (tertiary/aromatic N) is 2. The van der Waals surface area contributed by atoms with Crippen molar-refractivity contribution in [3.63, 3.8) is 0 Å². The van der Waals surface area contributed by atoms with Crippen LogP contribution < -0.4 is 16.6 Å². The molecule has 1 aromatic heterocycles. The number of nitrogens with one attached hydrogen (secondary N) is 2. The van der Waals surface area contributed by atoms with Gasteiger partial charge in [-0.1, -0.05) is 13.8 Å². The summed E-state index contributed by atoms with van der Waals surface area (Å²) in [6.07, 6.45) is 4.48. The summed E-state index contributed by atoms with van der Waals surface area (Å²) in [5.74, 6) is 8.45. The fourth-order valence-corrected chi connectivity index (χ4v) is 1.86. The summed E-state index contributed by atoms with van der Waals surface area (Å²) in [7, 11) is 0. The first-order chi connectivity index (χ1) is 8.60. The standard InChI is InChI=1S/C13H23N5/c1-4-13(3,5-2)17-10-8-11(18-14)16-12(15-10)9-6-7-9/h8-9H,4-7,14H2,1-3H3,(H2,15,16,17,18). The van der Waals surface area contributed by atoms with E-state index in [1.165, 1.54) is 12.8 Å². The Hall–Kier alpha value is -1.36. The maximum Gasteiger partial charge on any atom is 0.145 e. The highest BCUT2D eigenvalue weighted by atomic mass is 15.3. The Morgan fingerprint density at radius 3 is 2.39 bits per heavy atom. The fourth-order valence-electron chi connectivity index (χ4n) is 1.86. The normalized spacial score (nSPS) is 15.6. The highest BCUT2D eigenvalue weighted by Crippen LogP contribution is 2.39. The Labute approximate surface area is 109 Å². The minimum atomic E-state index is 0.0705. The van der Waals surface area contributed by atoms with Crippen molar-refractivity contribution in [2.45, 2.75) is 57.9 Å². The van der Waals surface area contributed by atoms with Crippen molar-refractivity contribution in [3.8, 4) is 0 Å². The molecule has 1 aliphatic carbocycles. The summed E-state index contributed by atoms with van der Waals surface area (Å²) in [6.45, 7) is 6.57. The molecule has 2 rings (SSSR count). The predicted octanol–water partition coefficient (Wildman–Crippen LogP) is 2.63. The summed E-state index contributed by atoms with van der Waals surface area (Å²) in [4.78, 5) is 9.01. The second-order valence-corrected chi connectivity index (χ2v) is 5.31. The summed E-state index contributed by atoms with van der Waals surface area (Å²) in [5, 5.41) is 3.51. The number of nitrogens with two attached hydrogens (primary N) is 1. The second-order valence-electron chi connectivity index (χ2n) is 5.31. The van der Waals surface area contributed by atoms with E-state index in [2.05, 4.69) is 41.5 Å². The van der Waals surface area contributed by atoms with E-state index in [1.807, 2.05) is 6.07 Å². The molecule has 5 nitrogen and oxygen atoms in total. The smallest absolute Gasteiger partial charge is 0.145 e. The molecule has 1 heterocycles. The Bertz CT molecular complexity index is 410. The summed E-state index contributed by atoms with van der Waals surface area (Å²) in [5.41, 5.74) is 2.69. The van der Waals surface area contributed by atoms with Crippen molar-refractivity contribution in [1.82, 2.24) is 9.97 Å². The average molecular weight is 249 g/mol. The minimum Gasteiger partial charge on any atom is -0.365 e. The third kappa shape index (κ3) is 2.90. The van der Waals surface area contributed by atoms with Gasteiger partial charge in [0.1, 0.15) is 17.5 Å². The fraction of sp³-hybridized carbons (Fsp3) is 0.692. The van der Waals surface area contributed by atoms with Crippen LogP contribution in [0.1, 0.15) is 58.2 Å². The van der Waals surface area contributed by atoms with Crippen LogP contribution in [0.3, 0.4) is 0 Å². The number of hydrazine groups is 1. The lowest BCUT2D eigenvalue weighted by molar-refractivity contribution is 0.476. The van der Waals surface area contributed by atoms with E-state index in [4.69, 9.17) is 5.84 Å². The molecule has 0 aromatic carbocycles. The molecule has 1 fully saturated rings. The molecule has 1 aromatic rings. The van der Waals surface area contributed by atoms with Crippen LogP contribution in [0.4, 0.5) is 11.6 Å². The molecular formula is C13H23N5. The van der Waals surface area contributed by atoms with Gasteiger partial charge in [0.05, 0.1) is 0 Å². The molecule has 4 N–H and O–H groups in total. The molecule has 0 aliphatic heterocycles. The molecule has 0 unspecified atom stereocenters. The van der Waals surface area contributed by atoms with Gasteiger partial charge in [-0.3, -0.25) is 0 Å². The molecule has 18 heavy (non-hydrogen) atoms. The first kappa shape index (κ1) is 13.1. The van der Waals surface area contributed by atoms with Gasteiger partial charge >= 0.3 is 0 Å². The van der Waals surface area contributed by atoms with Crippen molar-refractivity contribution in [3.05, 3.63) is 11.9 Å². The van der Waals surface area contributed by atoms with Crippen LogP contribution in [-0.2, 0) is 0 Å². The third-order valence-electron chi connectivity index (χ3n) is 3.82. The zero-order valence-corrected chi connectivity index (χ0v) is 11.5. The predicted molar refractivity (Wildman–Crippen MR) is 74.4 cm³/mol. The third-order valence-corrected chi connectivity index (χ3v) is 3.82. The molecule has 1 aliphatic rings. The van der Waals surface area contributed by atoms with Crippen molar-refractivity contribution < 1.29 is 0 Å². The topological polar surface area (TPSA) is 75.9 Å². The van der Waals surface area contributed by atoms with Gasteiger partial charge in [-0.05, 0) is 32.6 Å². The van der Waals surface area contributed by atoms with Crippen molar-refractivity contribution in [2.75, 3.05) is 10.7 Å². The van der Waals surface area contributed by atoms with Gasteiger partial charge in [0.15, 0.2) is 0 Å². The van der Waals surface area contributed by atoms with Crippen molar-refractivity contribution >= 4 is 11.6 Å². The lowest BCUT2D eigenvalue weighted by atomic mass is 9.96. The lowest BCUT2D eigenvalue weighted by Gasteiger charge is -2.29. The summed E-state index contributed by atoms with van der Waals surface area (Å²) >= 11 is 0. The second kappa shape index (κ2) is 5.10. The first-order valence-corrected chi connectivity index (χ1v) is 6.74. The van der Waals surface area contributed by atoms with E-state index in [9.17, 15) is 0 Å². The van der Waals surface area contributed by atoms with E-state index in [1.54, 1.807) is 0 Å². The van der Waals surface area contributed by atoms with Crippen LogP contribution in [0.2, 0.25) is 0 Å². The molecule has 0 atom stereocenters. The molecule has 0 spiro atoms. The van der Waals surface area contributed by atoms with Gasteiger partial charge < -0.3 is 10.7 Å². The largest absolute Gasteiger partial charge is 0.365 e. The molecular weight excluding hydrogens is 226 g/mol. The van der Waals surface area contributed by atoms with E-state index >= 15 is 0 Å². The molecule has 100 valence electrons. The number of rotatable bonds is 6. The molecule has 5 heteroatoms. The molecule has 0 amide bonds. The number of nitrogen functional groups attached to an aromatic ring is 1. The van der Waals surface area contributed by atoms with Crippen LogP contribution in [0, 0.1) is 0 Å². The van der Waals surface area contributed by atoms with Gasteiger partial charge in [-0.15, -0.1) is 0 Å². The minimum absolute atomic E-state index is 0.0705. The van der Waals surface area contributed by atoms with E-state index < -0.39 is 0 Å². The number of hydrogen-bond donors (Lipinski definition) is 3. The van der Waals surface area contributed by atoms with E-state index in [-0.39, 0.29) is 5.54 Å². The SMILES string of the molecule is CCC(C)(CC)Nc1cc(NN)nc(C2CC2)n1. The molecule has 0 saturated heterocycles. The lowest BCUT2D eigenvalue weighted by Crippen LogP contribution is -2.33. The Balaban J connectivity index is 2.23. The molecule has 1 saturated carbocycles. The Morgan fingerprint density at radius 1 is 1.28 bits per heavy atom. The zero-order valence-electron chi connectivity index (χ0n) is 11.5. The van der Waals surface area contributed by atoms with E-state index in [0.29, 0.717) is 11.7 Å². The van der Waals surface area contributed by atoms with Crippen molar-refractivity contribution in [2.24, 2.45) is 5.84 Å². The molecule has 0 radical (unpaired) electrons. The maximum absolute atomic E-state index is 5.47. The monoisotopic (exact) mass is 249 g/mol. The van der Waals surface area contributed by atoms with Crippen LogP contribution >= 0.6 is 0 Å². The van der Waals surface area contributed by atoms with Gasteiger partial charge in [-0.25, -0.2) is 15.8 Å². The maximum atomic E-state index is 5.47. The van der Waals surface area contributed by atoms with Gasteiger partial charge in [0.2, 0.25) is 0 Å². The van der Waals surface area contributed by atoms with Crippen LogP contribution in [0.5, 0.6) is 0 Å². The first-order valence-electron chi connectivity index (χ1n) is 6.74. The molecule has 0 bridgehead atoms. The van der Waals surface area contributed by atoms with Crippen LogP contribution in [0.25, 0.3) is 0 Å². The quantitative estimate of drug-likeness (QED) is 0.534. The van der Waals surface area contributed by atoms with Gasteiger partial charge in [0.25, 0.3) is 0 Å². The van der Waals surface area contributed by atoms with Crippen LogP contribution in [-0.4, -0.2) is 15.5 Å². The number of anilines is 2. The number of hydrogen-bond acceptors (Lipinski definition) is 5. The van der Waals surface area contributed by atoms with Crippen LogP contribution in [0.15, 0.2) is 6.07 Å². The van der Waals surface area contributed by atoms with Gasteiger partial charge in [0, 0.05) is 17.5 Å². The zero-order chi connectivity index (χ0) is 13.2. The van der Waals surface area contributed by atoms with Crippen molar-refractivity contribution in [1.29, 1.82) is 0 Å². The highest BCUT2D eigenvalue weighted by Gasteiger charge is 2.28. The Morgan fingerprint density at radius 2 is 1.89 bits per heavy atom. The Kier molecular flexibility index (Phi) is 3.71. The van der Waals surface area contributed by atoms with E-state index in [0.717, 1.165) is 24.5 Å². The highest BCUT2D eigenvalue weighted by molar-refractivity contribution is 5.48. The summed E-state index contributed by atoms with van der Waals surface area (Å²) < 4.78 is 0. The number of aromatic nitrogens is 2. The van der Waals surface area contributed by atoms with Gasteiger partial charge in [-0.2, -0.15) is 0 Å².